The fourth-order valence-corrected chi connectivity index (χ4v) is 1.56. The number of nitrogens with zero attached hydrogens (tertiary/aromatic N) is 1. The molecule has 82 valence electrons. The summed E-state index contributed by atoms with van der Waals surface area (Å²) in [5, 5.41) is 1.85. The molecule has 0 radical (unpaired) electrons. The molecule has 1 heterocycles. The Hall–Kier alpha value is -0.610. The van der Waals surface area contributed by atoms with E-state index in [0.29, 0.717) is 6.54 Å². The Bertz CT molecular complexity index is 210. The van der Waals surface area contributed by atoms with Gasteiger partial charge in [-0.25, -0.2) is 0 Å². The van der Waals surface area contributed by atoms with Gasteiger partial charge in [-0.1, -0.05) is 0 Å². The summed E-state index contributed by atoms with van der Waals surface area (Å²) in [6.07, 6.45) is 0.822. The third-order valence-electron chi connectivity index (χ3n) is 2.09. The molecule has 1 fully saturated rings. The Morgan fingerprint density at radius 3 is 2.57 bits per heavy atom. The molecule has 0 N–H and O–H groups in total. The average molecular weight is 201 g/mol. The van der Waals surface area contributed by atoms with Crippen molar-refractivity contribution < 1.29 is 14.4 Å². The van der Waals surface area contributed by atoms with Crippen LogP contribution in [-0.4, -0.2) is 36.8 Å². The van der Waals surface area contributed by atoms with Gasteiger partial charge < -0.3 is 4.74 Å². The largest absolute Gasteiger partial charge is 0.469 e. The number of hydroxylamine groups is 2. The second kappa shape index (κ2) is 4.28. The van der Waals surface area contributed by atoms with Crippen molar-refractivity contribution in [3.05, 3.63) is 0 Å². The molecule has 0 spiro atoms. The van der Waals surface area contributed by atoms with Gasteiger partial charge in [0.1, 0.15) is 0 Å². The fraction of sp³-hybridized carbons (Fsp3) is 0.900. The van der Waals surface area contributed by atoms with Crippen LogP contribution in [0.1, 0.15) is 27.2 Å². The maximum atomic E-state index is 11.2. The van der Waals surface area contributed by atoms with Crippen LogP contribution in [0.4, 0.5) is 0 Å². The first kappa shape index (κ1) is 11.5. The quantitative estimate of drug-likeness (QED) is 0.629. The highest BCUT2D eigenvalue weighted by Gasteiger charge is 2.31. The third kappa shape index (κ3) is 3.27. The van der Waals surface area contributed by atoms with Crippen molar-refractivity contribution in [2.75, 3.05) is 20.2 Å². The number of carbonyl (C=O) groups is 1. The van der Waals surface area contributed by atoms with E-state index in [-0.39, 0.29) is 17.5 Å². The van der Waals surface area contributed by atoms with Crippen molar-refractivity contribution in [1.29, 1.82) is 0 Å². The van der Waals surface area contributed by atoms with Crippen molar-refractivity contribution in [3.8, 4) is 0 Å². The van der Waals surface area contributed by atoms with Crippen LogP contribution in [0.5, 0.6) is 0 Å². The molecule has 4 heteroatoms. The van der Waals surface area contributed by atoms with E-state index in [1.54, 1.807) is 0 Å². The molecule has 1 rings (SSSR count). The Kier molecular flexibility index (Phi) is 3.50. The van der Waals surface area contributed by atoms with Crippen LogP contribution >= 0.6 is 0 Å². The third-order valence-corrected chi connectivity index (χ3v) is 2.09. The molecule has 0 aromatic heterocycles. The van der Waals surface area contributed by atoms with Gasteiger partial charge in [-0.2, -0.15) is 5.06 Å². The number of ether oxygens (including phenoxy) is 1. The highest BCUT2D eigenvalue weighted by Crippen LogP contribution is 2.21. The van der Waals surface area contributed by atoms with E-state index in [9.17, 15) is 4.79 Å². The van der Waals surface area contributed by atoms with E-state index in [4.69, 9.17) is 9.57 Å². The molecule has 1 atom stereocenters. The van der Waals surface area contributed by atoms with Crippen LogP contribution in [-0.2, 0) is 14.4 Å². The number of esters is 1. The molecular weight excluding hydrogens is 182 g/mol. The van der Waals surface area contributed by atoms with Crippen molar-refractivity contribution in [1.82, 2.24) is 5.06 Å². The Morgan fingerprint density at radius 1 is 1.43 bits per heavy atom. The predicted molar refractivity (Wildman–Crippen MR) is 52.5 cm³/mol. The molecular formula is C10H19NO3. The van der Waals surface area contributed by atoms with Crippen molar-refractivity contribution in [3.63, 3.8) is 0 Å². The minimum Gasteiger partial charge on any atom is -0.469 e. The van der Waals surface area contributed by atoms with Gasteiger partial charge in [0, 0.05) is 13.1 Å². The summed E-state index contributed by atoms with van der Waals surface area (Å²) >= 11 is 0. The predicted octanol–water partition coefficient (Wildman–Crippen LogP) is 1.21. The number of rotatable bonds is 2. The lowest BCUT2D eigenvalue weighted by atomic mass is 10.1. The fourth-order valence-electron chi connectivity index (χ4n) is 1.56. The first-order valence-electron chi connectivity index (χ1n) is 4.94. The van der Waals surface area contributed by atoms with Gasteiger partial charge in [0.2, 0.25) is 0 Å². The summed E-state index contributed by atoms with van der Waals surface area (Å²) in [4.78, 5) is 16.9. The summed E-state index contributed by atoms with van der Waals surface area (Å²) < 4.78 is 4.69. The normalized spacial score (nSPS) is 23.9. The summed E-state index contributed by atoms with van der Waals surface area (Å²) in [6, 6.07) is 0. The average Bonchev–Trinajstić information content (AvgIpc) is 2.48. The van der Waals surface area contributed by atoms with Crippen LogP contribution in [0.15, 0.2) is 0 Å². The number of carbonyl (C=O) groups excluding carboxylic acids is 1. The lowest BCUT2D eigenvalue weighted by Crippen LogP contribution is -2.33. The number of hydrogen-bond acceptors (Lipinski definition) is 4. The molecule has 1 aliphatic heterocycles. The number of hydrogen-bond donors (Lipinski definition) is 0. The van der Waals surface area contributed by atoms with E-state index in [2.05, 4.69) is 0 Å². The molecule has 0 saturated carbocycles. The van der Waals surface area contributed by atoms with Gasteiger partial charge in [0.25, 0.3) is 0 Å². The topological polar surface area (TPSA) is 38.8 Å². The van der Waals surface area contributed by atoms with Gasteiger partial charge in [-0.3, -0.25) is 9.63 Å². The molecule has 0 bridgehead atoms. The molecule has 0 amide bonds. The molecule has 0 aliphatic carbocycles. The Balaban J connectivity index is 2.38. The summed E-state index contributed by atoms with van der Waals surface area (Å²) in [7, 11) is 1.43. The van der Waals surface area contributed by atoms with Gasteiger partial charge in [0.05, 0.1) is 18.6 Å². The van der Waals surface area contributed by atoms with Crippen molar-refractivity contribution in [2.45, 2.75) is 32.8 Å². The zero-order valence-corrected chi connectivity index (χ0v) is 9.37. The zero-order valence-electron chi connectivity index (χ0n) is 9.37. The van der Waals surface area contributed by atoms with E-state index < -0.39 is 0 Å². The second-order valence-electron chi connectivity index (χ2n) is 4.60. The van der Waals surface area contributed by atoms with Gasteiger partial charge >= 0.3 is 5.97 Å². The van der Waals surface area contributed by atoms with Crippen LogP contribution < -0.4 is 0 Å². The smallest absolute Gasteiger partial charge is 0.310 e. The summed E-state index contributed by atoms with van der Waals surface area (Å²) in [6.45, 7) is 7.44. The van der Waals surface area contributed by atoms with E-state index >= 15 is 0 Å². The standard InChI is InChI=1S/C10H19NO3/c1-10(2,3)14-11-6-5-8(7-11)9(12)13-4/h8H,5-7H2,1-4H3. The van der Waals surface area contributed by atoms with Gasteiger partial charge in [0.15, 0.2) is 0 Å². The molecule has 1 unspecified atom stereocenters. The summed E-state index contributed by atoms with van der Waals surface area (Å²) in [5.74, 6) is -0.160. The minimum atomic E-state index is -0.189. The molecule has 1 aliphatic rings. The first-order valence-corrected chi connectivity index (χ1v) is 4.94. The van der Waals surface area contributed by atoms with E-state index in [1.165, 1.54) is 7.11 Å². The maximum absolute atomic E-state index is 11.2. The van der Waals surface area contributed by atoms with Gasteiger partial charge in [-0.05, 0) is 27.2 Å². The van der Waals surface area contributed by atoms with Crippen LogP contribution in [0.25, 0.3) is 0 Å². The van der Waals surface area contributed by atoms with Crippen LogP contribution in [0, 0.1) is 5.92 Å². The highest BCUT2D eigenvalue weighted by atomic mass is 16.7. The molecule has 4 nitrogen and oxygen atoms in total. The Morgan fingerprint density at radius 2 is 2.07 bits per heavy atom. The molecule has 0 aromatic carbocycles. The maximum Gasteiger partial charge on any atom is 0.310 e. The lowest BCUT2D eigenvalue weighted by Gasteiger charge is -2.26. The SMILES string of the molecule is COC(=O)C1CCN(OC(C)(C)C)C1. The lowest BCUT2D eigenvalue weighted by molar-refractivity contribution is -0.218. The van der Waals surface area contributed by atoms with E-state index in [1.807, 2.05) is 25.8 Å². The molecule has 14 heavy (non-hydrogen) atoms. The summed E-state index contributed by atoms with van der Waals surface area (Å²) in [5.41, 5.74) is -0.189. The van der Waals surface area contributed by atoms with E-state index in [0.717, 1.165) is 13.0 Å². The monoisotopic (exact) mass is 201 g/mol. The Labute approximate surface area is 85.1 Å². The number of methoxy groups -OCH3 is 1. The second-order valence-corrected chi connectivity index (χ2v) is 4.60. The zero-order chi connectivity index (χ0) is 10.8. The molecule has 0 aromatic rings. The van der Waals surface area contributed by atoms with Crippen LogP contribution in [0.3, 0.4) is 0 Å². The highest BCUT2D eigenvalue weighted by molar-refractivity contribution is 5.72. The van der Waals surface area contributed by atoms with Crippen molar-refractivity contribution >= 4 is 5.97 Å². The first-order chi connectivity index (χ1) is 6.42. The minimum absolute atomic E-state index is 0.0256. The molecule has 1 saturated heterocycles. The van der Waals surface area contributed by atoms with Crippen molar-refractivity contribution in [2.24, 2.45) is 5.92 Å². The van der Waals surface area contributed by atoms with Crippen LogP contribution in [0.2, 0.25) is 0 Å². The van der Waals surface area contributed by atoms with Gasteiger partial charge in [-0.15, -0.1) is 0 Å².